The molecule has 0 saturated heterocycles. The van der Waals surface area contributed by atoms with Gasteiger partial charge < -0.3 is 10.4 Å². The van der Waals surface area contributed by atoms with Gasteiger partial charge in [0.2, 0.25) is 0 Å². The Morgan fingerprint density at radius 3 is 2.72 bits per heavy atom. The number of para-hydroxylation sites is 2. The molecule has 1 fully saturated rings. The van der Waals surface area contributed by atoms with Crippen LogP contribution in [0.5, 0.6) is 5.75 Å². The van der Waals surface area contributed by atoms with E-state index in [0.29, 0.717) is 22.5 Å². The second-order valence-electron chi connectivity index (χ2n) is 8.08. The largest absolute Gasteiger partial charge is 0.506 e. The number of nitrogens with one attached hydrogen (secondary N) is 1. The molecule has 0 bridgehead atoms. The minimum Gasteiger partial charge on any atom is -0.506 e. The van der Waals surface area contributed by atoms with Gasteiger partial charge in [-0.05, 0) is 49.4 Å². The molecule has 1 aliphatic carbocycles. The zero-order valence-electron chi connectivity index (χ0n) is 17.4. The molecule has 1 aliphatic heterocycles. The lowest BCUT2D eigenvalue weighted by atomic mass is 10.1. The molecule has 0 radical (unpaired) electrons. The minimum atomic E-state index is -4.04. The molecule has 5 rings (SSSR count). The van der Waals surface area contributed by atoms with E-state index >= 15 is 0 Å². The lowest BCUT2D eigenvalue weighted by Crippen LogP contribution is -2.31. The molecule has 2 aliphatic rings. The highest BCUT2D eigenvalue weighted by Gasteiger charge is 2.30. The third kappa shape index (κ3) is 3.29. The topological polar surface area (TPSA) is 113 Å². The molecule has 1 saturated carbocycles. The van der Waals surface area contributed by atoms with Crippen molar-refractivity contribution in [1.29, 1.82) is 0 Å². The van der Waals surface area contributed by atoms with Gasteiger partial charge in [-0.1, -0.05) is 37.6 Å². The summed E-state index contributed by atoms with van der Waals surface area (Å²) in [6, 6.07) is 13.2. The number of anilines is 1. The van der Waals surface area contributed by atoms with Gasteiger partial charge in [-0.25, -0.2) is 0 Å². The second-order valence-corrected chi connectivity index (χ2v) is 9.65. The van der Waals surface area contributed by atoms with Crippen molar-refractivity contribution in [3.05, 3.63) is 64.4 Å². The van der Waals surface area contributed by atoms with E-state index in [9.17, 15) is 18.3 Å². The number of hydrogen-bond acceptors (Lipinski definition) is 6. The first kappa shape index (κ1) is 20.4. The van der Waals surface area contributed by atoms with Crippen molar-refractivity contribution in [3.8, 4) is 5.75 Å². The van der Waals surface area contributed by atoms with Gasteiger partial charge in [0.05, 0.1) is 11.2 Å². The molecule has 1 atom stereocenters. The Morgan fingerprint density at radius 1 is 1.19 bits per heavy atom. The number of aromatic nitrogens is 1. The maximum Gasteiger partial charge on any atom is 0.286 e. The normalized spacial score (nSPS) is 20.7. The Labute approximate surface area is 185 Å². The van der Waals surface area contributed by atoms with Crippen LogP contribution in [0.1, 0.15) is 38.2 Å². The Morgan fingerprint density at radius 2 is 1.94 bits per heavy atom. The van der Waals surface area contributed by atoms with Crippen LogP contribution in [-0.2, 0) is 10.0 Å². The van der Waals surface area contributed by atoms with Crippen molar-refractivity contribution in [2.75, 3.05) is 5.32 Å². The SMILES string of the molecule is CCC1CCC(=Nn2c(=O)c(C3=NS(=O)(=O)c4ccccc4N3)c(O)c3ccccc32)C1. The Kier molecular flexibility index (Phi) is 4.85. The van der Waals surface area contributed by atoms with Crippen molar-refractivity contribution < 1.29 is 13.5 Å². The molecular weight excluding hydrogens is 428 g/mol. The third-order valence-electron chi connectivity index (χ3n) is 6.08. The highest BCUT2D eigenvalue weighted by Crippen LogP contribution is 2.32. The molecule has 0 amide bonds. The quantitative estimate of drug-likeness (QED) is 0.632. The van der Waals surface area contributed by atoms with Crippen molar-refractivity contribution in [2.45, 2.75) is 37.5 Å². The molecule has 2 aromatic carbocycles. The molecule has 0 spiro atoms. The zero-order chi connectivity index (χ0) is 22.5. The average molecular weight is 451 g/mol. The maximum atomic E-state index is 13.5. The van der Waals surface area contributed by atoms with E-state index in [1.54, 1.807) is 42.5 Å². The second kappa shape index (κ2) is 7.59. The molecular formula is C23H22N4O4S. The summed E-state index contributed by atoms with van der Waals surface area (Å²) in [7, 11) is -4.04. The summed E-state index contributed by atoms with van der Waals surface area (Å²) in [5.41, 5.74) is 0.803. The van der Waals surface area contributed by atoms with Gasteiger partial charge in [0.25, 0.3) is 15.6 Å². The number of fused-ring (bicyclic) bond motifs is 2. The van der Waals surface area contributed by atoms with Gasteiger partial charge in [-0.3, -0.25) is 4.79 Å². The van der Waals surface area contributed by atoms with Crippen LogP contribution >= 0.6 is 0 Å². The van der Waals surface area contributed by atoms with E-state index in [0.717, 1.165) is 31.4 Å². The molecule has 2 heterocycles. The highest BCUT2D eigenvalue weighted by molar-refractivity contribution is 7.90. The van der Waals surface area contributed by atoms with Gasteiger partial charge in [0, 0.05) is 11.1 Å². The lowest BCUT2D eigenvalue weighted by Gasteiger charge is -2.19. The van der Waals surface area contributed by atoms with Crippen LogP contribution in [0.2, 0.25) is 0 Å². The van der Waals surface area contributed by atoms with E-state index in [2.05, 4.69) is 21.7 Å². The fraction of sp³-hybridized carbons (Fsp3) is 0.261. The molecule has 2 N–H and O–H groups in total. The number of rotatable bonds is 3. The molecule has 164 valence electrons. The van der Waals surface area contributed by atoms with Crippen LogP contribution in [0, 0.1) is 5.92 Å². The number of benzene rings is 2. The first-order valence-electron chi connectivity index (χ1n) is 10.5. The predicted octanol–water partition coefficient (Wildman–Crippen LogP) is 3.68. The summed E-state index contributed by atoms with van der Waals surface area (Å²) in [4.78, 5) is 13.6. The number of pyridine rings is 1. The summed E-state index contributed by atoms with van der Waals surface area (Å²) in [6.45, 7) is 2.14. The zero-order valence-corrected chi connectivity index (χ0v) is 18.3. The van der Waals surface area contributed by atoms with E-state index in [1.807, 2.05) is 0 Å². The standard InChI is InChI=1S/C23H22N4O4S/c1-2-14-11-12-15(13-14)25-27-18-9-5-3-7-16(18)21(28)20(23(27)29)22-24-17-8-4-6-10-19(17)32(30,31)26-22/h3-10,14,28H,2,11-13H2,1H3,(H,24,26). The summed E-state index contributed by atoms with van der Waals surface area (Å²) >= 11 is 0. The molecule has 9 heteroatoms. The van der Waals surface area contributed by atoms with Crippen molar-refractivity contribution >= 4 is 38.2 Å². The van der Waals surface area contributed by atoms with E-state index < -0.39 is 15.6 Å². The maximum absolute atomic E-state index is 13.5. The van der Waals surface area contributed by atoms with Crippen LogP contribution in [0.4, 0.5) is 5.69 Å². The Balaban J connectivity index is 1.75. The third-order valence-corrected chi connectivity index (χ3v) is 7.42. The average Bonchev–Trinajstić information content (AvgIpc) is 3.24. The van der Waals surface area contributed by atoms with Crippen LogP contribution in [0.15, 0.2) is 67.7 Å². The Hall–Kier alpha value is -3.46. The van der Waals surface area contributed by atoms with E-state index in [4.69, 9.17) is 0 Å². The highest BCUT2D eigenvalue weighted by atomic mass is 32.2. The monoisotopic (exact) mass is 450 g/mol. The molecule has 8 nitrogen and oxygen atoms in total. The first-order valence-corrected chi connectivity index (χ1v) is 12.0. The number of nitrogens with zero attached hydrogens (tertiary/aromatic N) is 3. The molecule has 1 aromatic heterocycles. The van der Waals surface area contributed by atoms with Gasteiger partial charge >= 0.3 is 0 Å². The fourth-order valence-corrected chi connectivity index (χ4v) is 5.46. The van der Waals surface area contributed by atoms with E-state index in [-0.39, 0.29) is 22.0 Å². The summed E-state index contributed by atoms with van der Waals surface area (Å²) in [6.07, 6.45) is 3.69. The van der Waals surface area contributed by atoms with Gasteiger partial charge in [0.1, 0.15) is 16.2 Å². The first-order chi connectivity index (χ1) is 15.4. The number of amidine groups is 1. The van der Waals surface area contributed by atoms with Crippen molar-refractivity contribution in [2.24, 2.45) is 15.4 Å². The number of sulfonamides is 1. The molecule has 3 aromatic rings. The smallest absolute Gasteiger partial charge is 0.286 e. The van der Waals surface area contributed by atoms with Gasteiger partial charge in [-0.15, -0.1) is 4.40 Å². The van der Waals surface area contributed by atoms with Gasteiger partial charge in [0.15, 0.2) is 5.84 Å². The molecule has 1 unspecified atom stereocenters. The summed E-state index contributed by atoms with van der Waals surface area (Å²) in [5, 5.41) is 18.9. The van der Waals surface area contributed by atoms with Crippen molar-refractivity contribution in [3.63, 3.8) is 0 Å². The van der Waals surface area contributed by atoms with Gasteiger partial charge in [-0.2, -0.15) is 18.2 Å². The molecule has 32 heavy (non-hydrogen) atoms. The van der Waals surface area contributed by atoms with Crippen LogP contribution in [-0.4, -0.2) is 29.7 Å². The summed E-state index contributed by atoms with van der Waals surface area (Å²) < 4.78 is 30.5. The van der Waals surface area contributed by atoms with Crippen molar-refractivity contribution in [1.82, 2.24) is 4.68 Å². The van der Waals surface area contributed by atoms with Crippen LogP contribution in [0.25, 0.3) is 10.9 Å². The Bertz CT molecular complexity index is 1470. The fourth-order valence-electron chi connectivity index (χ4n) is 4.33. The predicted molar refractivity (Wildman–Crippen MR) is 124 cm³/mol. The van der Waals surface area contributed by atoms with Crippen LogP contribution in [0.3, 0.4) is 0 Å². The number of hydrogen-bond donors (Lipinski definition) is 2. The minimum absolute atomic E-state index is 0.0150. The number of aromatic hydroxyl groups is 1. The summed E-state index contributed by atoms with van der Waals surface area (Å²) in [5.74, 6) is -0.0113. The van der Waals surface area contributed by atoms with E-state index in [1.165, 1.54) is 10.7 Å². The lowest BCUT2D eigenvalue weighted by molar-refractivity contribution is 0.478. The van der Waals surface area contributed by atoms with Crippen LogP contribution < -0.4 is 10.9 Å².